The van der Waals surface area contributed by atoms with Crippen LogP contribution in [0.25, 0.3) is 0 Å². The molecule has 3 aromatic carbocycles. The molecule has 0 fully saturated rings. The van der Waals surface area contributed by atoms with Crippen LogP contribution >= 0.6 is 0 Å². The van der Waals surface area contributed by atoms with Gasteiger partial charge in [-0.3, -0.25) is 4.79 Å². The summed E-state index contributed by atoms with van der Waals surface area (Å²) < 4.78 is 16.4. The number of fused-ring (bicyclic) bond motifs is 1. The highest BCUT2D eigenvalue weighted by Crippen LogP contribution is 2.31. The summed E-state index contributed by atoms with van der Waals surface area (Å²) in [5.74, 6) is 0.989. The van der Waals surface area contributed by atoms with Gasteiger partial charge in [-0.15, -0.1) is 0 Å². The number of hydrogen-bond donors (Lipinski definition) is 0. The van der Waals surface area contributed by atoms with Gasteiger partial charge in [0.05, 0.1) is 19.2 Å². The first-order chi connectivity index (χ1) is 15.5. The lowest BCUT2D eigenvalue weighted by molar-refractivity contribution is 0.0252. The van der Waals surface area contributed by atoms with Crippen LogP contribution in [0.5, 0.6) is 11.5 Å². The molecule has 1 aliphatic heterocycles. The van der Waals surface area contributed by atoms with Gasteiger partial charge in [0.1, 0.15) is 24.2 Å². The topological polar surface area (TPSA) is 65.1 Å². The van der Waals surface area contributed by atoms with Crippen molar-refractivity contribution in [3.05, 3.63) is 95.1 Å². The van der Waals surface area contributed by atoms with Crippen LogP contribution in [0.1, 0.15) is 37.9 Å². The average molecular weight is 431 g/mol. The van der Waals surface area contributed by atoms with Gasteiger partial charge in [0, 0.05) is 19.0 Å². The molecule has 32 heavy (non-hydrogen) atoms. The number of carbonyl (C=O) groups excluding carboxylic acids is 2. The van der Waals surface area contributed by atoms with E-state index in [-0.39, 0.29) is 18.0 Å². The number of nitrogens with zero attached hydrogens (tertiary/aromatic N) is 1. The number of rotatable bonds is 7. The lowest BCUT2D eigenvalue weighted by Crippen LogP contribution is -2.31. The molecule has 164 valence electrons. The number of ether oxygens (including phenoxy) is 3. The third-order valence-electron chi connectivity index (χ3n) is 5.50. The smallest absolute Gasteiger partial charge is 0.339 e. The normalized spacial score (nSPS) is 14.8. The molecule has 0 N–H and O–H groups in total. The molecule has 1 amide bonds. The summed E-state index contributed by atoms with van der Waals surface area (Å²) in [5.41, 5.74) is 2.82. The van der Waals surface area contributed by atoms with E-state index in [1.807, 2.05) is 54.6 Å². The Morgan fingerprint density at radius 3 is 2.47 bits per heavy atom. The molecule has 0 saturated carbocycles. The predicted octanol–water partition coefficient (Wildman–Crippen LogP) is 4.30. The van der Waals surface area contributed by atoms with Crippen molar-refractivity contribution >= 4 is 11.9 Å². The number of amides is 1. The summed E-state index contributed by atoms with van der Waals surface area (Å²) in [5, 5.41) is 0. The van der Waals surface area contributed by atoms with Crippen LogP contribution in [0, 0.1) is 0 Å². The average Bonchev–Trinajstić information content (AvgIpc) is 2.84. The molecule has 0 radical (unpaired) electrons. The predicted molar refractivity (Wildman–Crippen MR) is 120 cm³/mol. The van der Waals surface area contributed by atoms with Crippen LogP contribution in [-0.4, -0.2) is 44.1 Å². The molecule has 1 atom stereocenters. The zero-order valence-electron chi connectivity index (χ0n) is 18.1. The number of methoxy groups -OCH3 is 1. The standard InChI is InChI=1S/C26H25NO5/c1-27(14-15-31-22-11-9-21(30-2)10-12-22)25(28)19-8-13-23-20(16-19)17-24(32-26(23)29)18-6-4-3-5-7-18/h3-13,16,24H,14-15,17H2,1-2H3/t24-/m1/s1. The Labute approximate surface area is 187 Å². The van der Waals surface area contributed by atoms with Crippen molar-refractivity contribution in [2.45, 2.75) is 12.5 Å². The molecule has 0 saturated heterocycles. The SMILES string of the molecule is COc1ccc(OCCN(C)C(=O)c2ccc3c(c2)C[C@H](c2ccccc2)OC3=O)cc1. The van der Waals surface area contributed by atoms with Crippen molar-refractivity contribution < 1.29 is 23.8 Å². The maximum absolute atomic E-state index is 12.9. The number of benzene rings is 3. The van der Waals surface area contributed by atoms with Gasteiger partial charge >= 0.3 is 5.97 Å². The Kier molecular flexibility index (Phi) is 6.40. The van der Waals surface area contributed by atoms with Gasteiger partial charge in [-0.25, -0.2) is 4.79 Å². The Morgan fingerprint density at radius 1 is 1.03 bits per heavy atom. The number of likely N-dealkylation sites (N-methyl/N-ethyl adjacent to an activating group) is 1. The van der Waals surface area contributed by atoms with E-state index in [0.29, 0.717) is 36.4 Å². The van der Waals surface area contributed by atoms with Gasteiger partial charge in [0.2, 0.25) is 0 Å². The molecule has 0 spiro atoms. The van der Waals surface area contributed by atoms with E-state index in [2.05, 4.69) is 0 Å². The van der Waals surface area contributed by atoms with Crippen molar-refractivity contribution in [2.24, 2.45) is 0 Å². The molecule has 0 bridgehead atoms. The highest BCUT2D eigenvalue weighted by atomic mass is 16.5. The summed E-state index contributed by atoms with van der Waals surface area (Å²) in [6.45, 7) is 0.790. The molecule has 0 aromatic heterocycles. The van der Waals surface area contributed by atoms with Gasteiger partial charge in [-0.05, 0) is 53.6 Å². The summed E-state index contributed by atoms with van der Waals surface area (Å²) in [6, 6.07) is 22.1. The van der Waals surface area contributed by atoms with Crippen molar-refractivity contribution in [3.63, 3.8) is 0 Å². The summed E-state index contributed by atoms with van der Waals surface area (Å²) in [4.78, 5) is 27.0. The summed E-state index contributed by atoms with van der Waals surface area (Å²) in [6.07, 6.45) is 0.188. The third kappa shape index (κ3) is 4.75. The molecule has 0 unspecified atom stereocenters. The van der Waals surface area contributed by atoms with Gasteiger partial charge in [-0.1, -0.05) is 30.3 Å². The molecule has 0 aliphatic carbocycles. The minimum absolute atomic E-state index is 0.124. The monoisotopic (exact) mass is 431 g/mol. The molecule has 1 aliphatic rings. The zero-order valence-corrected chi connectivity index (χ0v) is 18.1. The van der Waals surface area contributed by atoms with Crippen LogP contribution in [0.2, 0.25) is 0 Å². The molecular weight excluding hydrogens is 406 g/mol. The van der Waals surface area contributed by atoms with Gasteiger partial charge in [0.25, 0.3) is 5.91 Å². The molecule has 1 heterocycles. The Balaban J connectivity index is 1.40. The molecule has 4 rings (SSSR count). The van der Waals surface area contributed by atoms with E-state index in [1.54, 1.807) is 37.3 Å². The largest absolute Gasteiger partial charge is 0.497 e. The number of esters is 1. The van der Waals surface area contributed by atoms with E-state index < -0.39 is 0 Å². The Morgan fingerprint density at radius 2 is 1.75 bits per heavy atom. The summed E-state index contributed by atoms with van der Waals surface area (Å²) in [7, 11) is 3.35. The van der Waals surface area contributed by atoms with Crippen LogP contribution in [0.4, 0.5) is 0 Å². The second-order valence-electron chi connectivity index (χ2n) is 7.63. The second-order valence-corrected chi connectivity index (χ2v) is 7.63. The fraction of sp³-hybridized carbons (Fsp3) is 0.231. The van der Waals surface area contributed by atoms with Gasteiger partial charge in [-0.2, -0.15) is 0 Å². The highest BCUT2D eigenvalue weighted by molar-refractivity contribution is 5.97. The van der Waals surface area contributed by atoms with Gasteiger partial charge < -0.3 is 19.1 Å². The maximum atomic E-state index is 12.9. The van der Waals surface area contributed by atoms with Crippen molar-refractivity contribution in [3.8, 4) is 11.5 Å². The molecule has 3 aromatic rings. The third-order valence-corrected chi connectivity index (χ3v) is 5.50. The molecule has 6 heteroatoms. The van der Waals surface area contributed by atoms with E-state index >= 15 is 0 Å². The van der Waals surface area contributed by atoms with Gasteiger partial charge in [0.15, 0.2) is 0 Å². The second kappa shape index (κ2) is 9.56. The minimum atomic E-state index is -0.361. The van der Waals surface area contributed by atoms with E-state index in [4.69, 9.17) is 14.2 Å². The van der Waals surface area contributed by atoms with Crippen molar-refractivity contribution in [1.29, 1.82) is 0 Å². The fourth-order valence-corrected chi connectivity index (χ4v) is 3.68. The summed E-state index contributed by atoms with van der Waals surface area (Å²) >= 11 is 0. The number of hydrogen-bond acceptors (Lipinski definition) is 5. The van der Waals surface area contributed by atoms with Crippen LogP contribution in [-0.2, 0) is 11.2 Å². The maximum Gasteiger partial charge on any atom is 0.339 e. The Hall–Kier alpha value is -3.80. The van der Waals surface area contributed by atoms with E-state index in [9.17, 15) is 9.59 Å². The number of carbonyl (C=O) groups is 2. The van der Waals surface area contributed by atoms with Crippen molar-refractivity contribution in [1.82, 2.24) is 4.90 Å². The van der Waals surface area contributed by atoms with E-state index in [1.165, 1.54) is 0 Å². The number of cyclic esters (lactones) is 1. The fourth-order valence-electron chi connectivity index (χ4n) is 3.68. The van der Waals surface area contributed by atoms with Crippen LogP contribution in [0.15, 0.2) is 72.8 Å². The first-order valence-corrected chi connectivity index (χ1v) is 10.5. The molecule has 6 nitrogen and oxygen atoms in total. The van der Waals surface area contributed by atoms with E-state index in [0.717, 1.165) is 16.9 Å². The lowest BCUT2D eigenvalue weighted by atomic mass is 9.93. The minimum Gasteiger partial charge on any atom is -0.497 e. The lowest BCUT2D eigenvalue weighted by Gasteiger charge is -2.26. The quantitative estimate of drug-likeness (QED) is 0.522. The molecular formula is C26H25NO5. The Bertz CT molecular complexity index is 1090. The van der Waals surface area contributed by atoms with Crippen LogP contribution in [0.3, 0.4) is 0 Å². The zero-order chi connectivity index (χ0) is 22.5. The van der Waals surface area contributed by atoms with Crippen molar-refractivity contribution in [2.75, 3.05) is 27.3 Å². The highest BCUT2D eigenvalue weighted by Gasteiger charge is 2.28. The first-order valence-electron chi connectivity index (χ1n) is 10.5. The van der Waals surface area contributed by atoms with Crippen LogP contribution < -0.4 is 9.47 Å². The first kappa shape index (κ1) is 21.4.